The minimum atomic E-state index is -0.756. The summed E-state index contributed by atoms with van der Waals surface area (Å²) in [6.07, 6.45) is 5.07. The quantitative estimate of drug-likeness (QED) is 0.688. The summed E-state index contributed by atoms with van der Waals surface area (Å²) < 4.78 is 0. The smallest absolute Gasteiger partial charge is 0.311 e. The van der Waals surface area contributed by atoms with Gasteiger partial charge in [0, 0.05) is 19.5 Å². The van der Waals surface area contributed by atoms with Gasteiger partial charge in [-0.25, -0.2) is 0 Å². The van der Waals surface area contributed by atoms with Gasteiger partial charge in [0.15, 0.2) is 0 Å². The minimum Gasteiger partial charge on any atom is -0.481 e. The maximum Gasteiger partial charge on any atom is 0.311 e. The number of likely N-dealkylation sites (tertiary alicyclic amines) is 1. The van der Waals surface area contributed by atoms with Crippen molar-refractivity contribution in [3.05, 3.63) is 0 Å². The molecule has 1 heterocycles. The minimum absolute atomic E-state index is 0.0786. The first-order valence-electron chi connectivity index (χ1n) is 7.27. The normalized spacial score (nSPS) is 23.4. The lowest BCUT2D eigenvalue weighted by Crippen LogP contribution is -2.49. The van der Waals surface area contributed by atoms with E-state index in [4.69, 9.17) is 5.73 Å². The third kappa shape index (κ3) is 4.20. The summed E-state index contributed by atoms with van der Waals surface area (Å²) in [6, 6.07) is 0. The second kappa shape index (κ2) is 7.48. The van der Waals surface area contributed by atoms with E-state index in [0.29, 0.717) is 38.9 Å². The Hall–Kier alpha value is -1.10. The van der Waals surface area contributed by atoms with Crippen molar-refractivity contribution in [3.63, 3.8) is 0 Å². The number of carbonyl (C=O) groups excluding carboxylic acids is 1. The molecule has 1 saturated heterocycles. The Bertz CT molecular complexity index is 316. The summed E-state index contributed by atoms with van der Waals surface area (Å²) in [7, 11) is 0. The van der Waals surface area contributed by atoms with Crippen molar-refractivity contribution in [1.29, 1.82) is 0 Å². The number of hydrogen-bond donors (Lipinski definition) is 2. The van der Waals surface area contributed by atoms with E-state index in [9.17, 15) is 14.7 Å². The van der Waals surface area contributed by atoms with Crippen LogP contribution in [0.1, 0.15) is 51.9 Å². The van der Waals surface area contributed by atoms with Crippen molar-refractivity contribution >= 4 is 11.9 Å². The first-order chi connectivity index (χ1) is 9.05. The molecule has 0 aromatic carbocycles. The summed E-state index contributed by atoms with van der Waals surface area (Å²) in [5, 5.41) is 9.48. The first-order valence-corrected chi connectivity index (χ1v) is 7.27. The predicted octanol–water partition coefficient (Wildman–Crippen LogP) is 1.61. The van der Waals surface area contributed by atoms with E-state index in [1.807, 2.05) is 6.92 Å². The highest BCUT2D eigenvalue weighted by Gasteiger charge is 2.42. The highest BCUT2D eigenvalue weighted by Crippen LogP contribution is 2.35. The van der Waals surface area contributed by atoms with Gasteiger partial charge in [0.25, 0.3) is 0 Å². The number of carbonyl (C=O) groups is 2. The molecule has 0 radical (unpaired) electrons. The van der Waals surface area contributed by atoms with E-state index in [1.165, 1.54) is 0 Å². The lowest BCUT2D eigenvalue weighted by Gasteiger charge is -2.40. The molecular weight excluding hydrogens is 244 g/mol. The van der Waals surface area contributed by atoms with Crippen LogP contribution in [0.4, 0.5) is 0 Å². The van der Waals surface area contributed by atoms with Crippen LogP contribution >= 0.6 is 0 Å². The monoisotopic (exact) mass is 270 g/mol. The van der Waals surface area contributed by atoms with E-state index in [1.54, 1.807) is 4.90 Å². The molecule has 0 bridgehead atoms. The molecule has 1 atom stereocenters. The van der Waals surface area contributed by atoms with Gasteiger partial charge in [0.1, 0.15) is 0 Å². The number of piperidine rings is 1. The maximum atomic E-state index is 12.1. The molecule has 1 unspecified atom stereocenters. The molecule has 1 amide bonds. The van der Waals surface area contributed by atoms with Gasteiger partial charge in [-0.1, -0.05) is 13.3 Å². The zero-order valence-corrected chi connectivity index (χ0v) is 11.9. The molecule has 0 saturated carbocycles. The Labute approximate surface area is 115 Å². The summed E-state index contributed by atoms with van der Waals surface area (Å²) in [6.45, 7) is 3.66. The maximum absolute atomic E-state index is 12.1. The second-order valence-electron chi connectivity index (χ2n) is 5.50. The third-order valence-corrected chi connectivity index (χ3v) is 3.96. The molecule has 0 aromatic heterocycles. The number of aliphatic carboxylic acids is 1. The molecule has 3 N–H and O–H groups in total. The standard InChI is InChI=1S/C14H26N2O3/c1-2-7-14(13(18)19)8-5-10-16(11-14)12(17)6-3-4-9-15/h2-11,15H2,1H3,(H,18,19). The molecular formula is C14H26N2O3. The van der Waals surface area contributed by atoms with Gasteiger partial charge in [-0.3, -0.25) is 9.59 Å². The van der Waals surface area contributed by atoms with Crippen LogP contribution in [0, 0.1) is 5.41 Å². The van der Waals surface area contributed by atoms with Crippen molar-refractivity contribution in [2.75, 3.05) is 19.6 Å². The van der Waals surface area contributed by atoms with E-state index in [0.717, 1.165) is 25.7 Å². The van der Waals surface area contributed by atoms with Crippen molar-refractivity contribution in [2.45, 2.75) is 51.9 Å². The predicted molar refractivity (Wildman–Crippen MR) is 73.7 cm³/mol. The number of amides is 1. The number of carboxylic acid groups (broad SMARTS) is 1. The summed E-state index contributed by atoms with van der Waals surface area (Å²) >= 11 is 0. The molecule has 5 nitrogen and oxygen atoms in total. The Morgan fingerprint density at radius 1 is 1.37 bits per heavy atom. The van der Waals surface area contributed by atoms with Crippen LogP contribution in [0.15, 0.2) is 0 Å². The zero-order chi connectivity index (χ0) is 14.3. The third-order valence-electron chi connectivity index (χ3n) is 3.96. The van der Waals surface area contributed by atoms with Crippen LogP contribution in [-0.4, -0.2) is 41.5 Å². The van der Waals surface area contributed by atoms with Crippen molar-refractivity contribution in [3.8, 4) is 0 Å². The number of nitrogens with zero attached hydrogens (tertiary/aromatic N) is 1. The fraction of sp³-hybridized carbons (Fsp3) is 0.857. The van der Waals surface area contributed by atoms with Crippen LogP contribution in [0.25, 0.3) is 0 Å². The van der Waals surface area contributed by atoms with E-state index in [2.05, 4.69) is 0 Å². The van der Waals surface area contributed by atoms with Gasteiger partial charge < -0.3 is 15.7 Å². The molecule has 19 heavy (non-hydrogen) atoms. The number of nitrogens with two attached hydrogens (primary N) is 1. The van der Waals surface area contributed by atoms with Crippen LogP contribution in [0.3, 0.4) is 0 Å². The highest BCUT2D eigenvalue weighted by molar-refractivity contribution is 5.79. The molecule has 1 fully saturated rings. The Morgan fingerprint density at radius 2 is 2.11 bits per heavy atom. The molecule has 5 heteroatoms. The van der Waals surface area contributed by atoms with Crippen LogP contribution in [0.2, 0.25) is 0 Å². The van der Waals surface area contributed by atoms with E-state index >= 15 is 0 Å². The molecule has 110 valence electrons. The van der Waals surface area contributed by atoms with Gasteiger partial charge in [-0.2, -0.15) is 0 Å². The Balaban J connectivity index is 2.61. The van der Waals surface area contributed by atoms with Gasteiger partial charge in [-0.05, 0) is 38.6 Å². The van der Waals surface area contributed by atoms with Gasteiger partial charge >= 0.3 is 5.97 Å². The first kappa shape index (κ1) is 16.0. The summed E-state index contributed by atoms with van der Waals surface area (Å²) in [5.74, 6) is -0.677. The second-order valence-corrected chi connectivity index (χ2v) is 5.50. The van der Waals surface area contributed by atoms with Gasteiger partial charge in [0.2, 0.25) is 5.91 Å². The van der Waals surface area contributed by atoms with Gasteiger partial charge in [0.05, 0.1) is 5.41 Å². The van der Waals surface area contributed by atoms with E-state index in [-0.39, 0.29) is 5.91 Å². The molecule has 0 spiro atoms. The summed E-state index contributed by atoms with van der Waals surface area (Å²) in [4.78, 5) is 25.4. The largest absolute Gasteiger partial charge is 0.481 e. The average Bonchev–Trinajstić information content (AvgIpc) is 2.39. The fourth-order valence-electron chi connectivity index (χ4n) is 2.89. The Kier molecular flexibility index (Phi) is 6.28. The molecule has 0 aromatic rings. The molecule has 0 aliphatic carbocycles. The number of hydrogen-bond acceptors (Lipinski definition) is 3. The zero-order valence-electron chi connectivity index (χ0n) is 11.9. The van der Waals surface area contributed by atoms with Crippen LogP contribution < -0.4 is 5.73 Å². The topological polar surface area (TPSA) is 83.6 Å². The highest BCUT2D eigenvalue weighted by atomic mass is 16.4. The Morgan fingerprint density at radius 3 is 2.68 bits per heavy atom. The van der Waals surface area contributed by atoms with Crippen molar-refractivity contribution in [2.24, 2.45) is 11.1 Å². The number of unbranched alkanes of at least 4 members (excludes halogenated alkanes) is 1. The molecule has 1 rings (SSSR count). The van der Waals surface area contributed by atoms with E-state index < -0.39 is 11.4 Å². The lowest BCUT2D eigenvalue weighted by atomic mass is 9.76. The molecule has 1 aliphatic heterocycles. The fourth-order valence-corrected chi connectivity index (χ4v) is 2.89. The van der Waals surface area contributed by atoms with Crippen molar-refractivity contribution in [1.82, 2.24) is 4.90 Å². The van der Waals surface area contributed by atoms with Crippen LogP contribution in [0.5, 0.6) is 0 Å². The number of rotatable bonds is 7. The lowest BCUT2D eigenvalue weighted by molar-refractivity contribution is -0.155. The SMILES string of the molecule is CCCC1(C(=O)O)CCCN(C(=O)CCCCN)C1. The van der Waals surface area contributed by atoms with Crippen molar-refractivity contribution < 1.29 is 14.7 Å². The number of carboxylic acids is 1. The average molecular weight is 270 g/mol. The molecule has 1 aliphatic rings. The van der Waals surface area contributed by atoms with Gasteiger partial charge in [-0.15, -0.1) is 0 Å². The van der Waals surface area contributed by atoms with Crippen LogP contribution in [-0.2, 0) is 9.59 Å². The summed E-state index contributed by atoms with van der Waals surface area (Å²) in [5.41, 5.74) is 4.69.